The van der Waals surface area contributed by atoms with Gasteiger partial charge in [-0.05, 0) is 18.9 Å². The van der Waals surface area contributed by atoms with Crippen molar-refractivity contribution in [1.29, 1.82) is 0 Å². The molecule has 1 N–H and O–H groups in total. The van der Waals surface area contributed by atoms with Gasteiger partial charge in [-0.15, -0.1) is 0 Å². The number of carbonyl (C=O) groups excluding carboxylic acids is 2. The highest BCUT2D eigenvalue weighted by molar-refractivity contribution is 5.89. The molecule has 0 aliphatic carbocycles. The van der Waals surface area contributed by atoms with E-state index in [0.717, 1.165) is 12.0 Å². The van der Waals surface area contributed by atoms with Crippen LogP contribution in [0.25, 0.3) is 0 Å². The minimum absolute atomic E-state index is 0.263. The van der Waals surface area contributed by atoms with E-state index >= 15 is 0 Å². The van der Waals surface area contributed by atoms with E-state index in [1.165, 1.54) is 6.92 Å². The van der Waals surface area contributed by atoms with Crippen LogP contribution in [0.1, 0.15) is 12.5 Å². The van der Waals surface area contributed by atoms with Gasteiger partial charge in [0.25, 0.3) is 5.91 Å². The Bertz CT molecular complexity index is 426. The summed E-state index contributed by atoms with van der Waals surface area (Å²) in [4.78, 5) is 22.4. The molecule has 1 aromatic carbocycles. The lowest BCUT2D eigenvalue weighted by Gasteiger charge is -2.06. The molecule has 0 aliphatic rings. The number of ether oxygens (including phenoxy) is 1. The first kappa shape index (κ1) is 14.0. The molecule has 1 rings (SSSR count). The molecular formula is C14H17NO3. The summed E-state index contributed by atoms with van der Waals surface area (Å²) in [5.74, 6) is -0.853. The Morgan fingerprint density at radius 3 is 2.56 bits per heavy atom. The SMILES string of the molecule is C=C(C)C(=O)OCC(=O)NCCc1ccccc1. The first-order valence-corrected chi connectivity index (χ1v) is 5.73. The number of rotatable bonds is 6. The summed E-state index contributed by atoms with van der Waals surface area (Å²) in [6, 6.07) is 9.83. The molecule has 0 atom stereocenters. The summed E-state index contributed by atoms with van der Waals surface area (Å²) in [5.41, 5.74) is 1.43. The van der Waals surface area contributed by atoms with Crippen LogP contribution in [0.2, 0.25) is 0 Å². The summed E-state index contributed by atoms with van der Waals surface area (Å²) >= 11 is 0. The molecule has 0 heterocycles. The fourth-order valence-corrected chi connectivity index (χ4v) is 1.30. The quantitative estimate of drug-likeness (QED) is 0.611. The van der Waals surface area contributed by atoms with Crippen LogP contribution in [0, 0.1) is 0 Å². The van der Waals surface area contributed by atoms with Gasteiger partial charge >= 0.3 is 5.97 Å². The second kappa shape index (κ2) is 7.27. The monoisotopic (exact) mass is 247 g/mol. The predicted molar refractivity (Wildman–Crippen MR) is 68.9 cm³/mol. The van der Waals surface area contributed by atoms with E-state index in [9.17, 15) is 9.59 Å². The van der Waals surface area contributed by atoms with Gasteiger partial charge in [0.2, 0.25) is 0 Å². The molecule has 0 bridgehead atoms. The van der Waals surface area contributed by atoms with Gasteiger partial charge < -0.3 is 10.1 Å². The molecule has 18 heavy (non-hydrogen) atoms. The van der Waals surface area contributed by atoms with Crippen molar-refractivity contribution in [2.24, 2.45) is 0 Å². The van der Waals surface area contributed by atoms with Gasteiger partial charge in [0.05, 0.1) is 0 Å². The van der Waals surface area contributed by atoms with Gasteiger partial charge in [-0.3, -0.25) is 4.79 Å². The number of amides is 1. The number of benzene rings is 1. The molecule has 4 heteroatoms. The van der Waals surface area contributed by atoms with Crippen LogP contribution in [-0.4, -0.2) is 25.0 Å². The zero-order valence-electron chi connectivity index (χ0n) is 10.4. The molecule has 0 saturated heterocycles. The number of esters is 1. The molecule has 0 spiro atoms. The van der Waals surface area contributed by atoms with Crippen LogP contribution in [0.15, 0.2) is 42.5 Å². The summed E-state index contributed by atoms with van der Waals surface area (Å²) in [6.45, 7) is 5.22. The zero-order chi connectivity index (χ0) is 13.4. The Morgan fingerprint density at radius 1 is 1.28 bits per heavy atom. The van der Waals surface area contributed by atoms with Gasteiger partial charge in [0, 0.05) is 12.1 Å². The van der Waals surface area contributed by atoms with Gasteiger partial charge in [-0.1, -0.05) is 36.9 Å². The van der Waals surface area contributed by atoms with E-state index in [2.05, 4.69) is 11.9 Å². The van der Waals surface area contributed by atoms with Crippen molar-refractivity contribution < 1.29 is 14.3 Å². The van der Waals surface area contributed by atoms with Gasteiger partial charge in [-0.25, -0.2) is 4.79 Å². The molecule has 0 aromatic heterocycles. The predicted octanol–water partition coefficient (Wildman–Crippen LogP) is 1.46. The van der Waals surface area contributed by atoms with Crippen LogP contribution in [0.5, 0.6) is 0 Å². The highest BCUT2D eigenvalue weighted by Gasteiger charge is 2.07. The highest BCUT2D eigenvalue weighted by Crippen LogP contribution is 1.98. The first-order chi connectivity index (χ1) is 8.59. The Morgan fingerprint density at radius 2 is 1.94 bits per heavy atom. The molecule has 0 unspecified atom stereocenters. The van der Waals surface area contributed by atoms with E-state index in [1.807, 2.05) is 30.3 Å². The van der Waals surface area contributed by atoms with Crippen LogP contribution in [0.4, 0.5) is 0 Å². The largest absolute Gasteiger partial charge is 0.452 e. The average molecular weight is 247 g/mol. The van der Waals surface area contributed by atoms with Gasteiger partial charge in [0.15, 0.2) is 6.61 Å². The molecular weight excluding hydrogens is 230 g/mol. The van der Waals surface area contributed by atoms with E-state index < -0.39 is 5.97 Å². The van der Waals surface area contributed by atoms with Crippen LogP contribution < -0.4 is 5.32 Å². The fourth-order valence-electron chi connectivity index (χ4n) is 1.30. The van der Waals surface area contributed by atoms with Gasteiger partial charge in [-0.2, -0.15) is 0 Å². The second-order valence-electron chi connectivity index (χ2n) is 3.94. The Hall–Kier alpha value is -2.10. The standard InChI is InChI=1S/C14H17NO3/c1-11(2)14(17)18-10-13(16)15-9-8-12-6-4-3-5-7-12/h3-7H,1,8-10H2,2H3,(H,15,16). The normalized spacial score (nSPS) is 9.61. The molecule has 96 valence electrons. The third-order valence-electron chi connectivity index (χ3n) is 2.26. The third kappa shape index (κ3) is 5.30. The molecule has 1 aromatic rings. The van der Waals surface area contributed by atoms with Crippen molar-refractivity contribution in [2.75, 3.05) is 13.2 Å². The number of hydrogen-bond donors (Lipinski definition) is 1. The average Bonchev–Trinajstić information content (AvgIpc) is 2.37. The minimum Gasteiger partial charge on any atom is -0.452 e. The molecule has 0 aliphatic heterocycles. The summed E-state index contributed by atoms with van der Waals surface area (Å²) in [6.07, 6.45) is 0.751. The lowest BCUT2D eigenvalue weighted by molar-refractivity contribution is -0.144. The lowest BCUT2D eigenvalue weighted by atomic mass is 10.1. The fraction of sp³-hybridized carbons (Fsp3) is 0.286. The lowest BCUT2D eigenvalue weighted by Crippen LogP contribution is -2.30. The van der Waals surface area contributed by atoms with Crippen molar-refractivity contribution in [3.05, 3.63) is 48.0 Å². The number of carbonyl (C=O) groups is 2. The Labute approximate surface area is 107 Å². The van der Waals surface area contributed by atoms with Crippen LogP contribution in [0.3, 0.4) is 0 Å². The van der Waals surface area contributed by atoms with E-state index in [4.69, 9.17) is 4.74 Å². The second-order valence-corrected chi connectivity index (χ2v) is 3.94. The molecule has 1 amide bonds. The van der Waals surface area contributed by atoms with Crippen molar-refractivity contribution in [1.82, 2.24) is 5.32 Å². The van der Waals surface area contributed by atoms with Crippen molar-refractivity contribution in [3.63, 3.8) is 0 Å². The first-order valence-electron chi connectivity index (χ1n) is 5.73. The molecule has 0 fully saturated rings. The zero-order valence-corrected chi connectivity index (χ0v) is 10.4. The van der Waals surface area contributed by atoms with E-state index in [1.54, 1.807) is 0 Å². The number of nitrogens with one attached hydrogen (secondary N) is 1. The Kier molecular flexibility index (Phi) is 5.64. The number of hydrogen-bond acceptors (Lipinski definition) is 3. The van der Waals surface area contributed by atoms with Crippen LogP contribution in [-0.2, 0) is 20.7 Å². The summed E-state index contributed by atoms with van der Waals surface area (Å²) in [7, 11) is 0. The van der Waals surface area contributed by atoms with E-state index in [0.29, 0.717) is 6.54 Å². The third-order valence-corrected chi connectivity index (χ3v) is 2.26. The van der Waals surface area contributed by atoms with Crippen molar-refractivity contribution in [2.45, 2.75) is 13.3 Å². The van der Waals surface area contributed by atoms with Gasteiger partial charge in [0.1, 0.15) is 0 Å². The summed E-state index contributed by atoms with van der Waals surface area (Å²) < 4.78 is 4.72. The smallest absolute Gasteiger partial charge is 0.333 e. The maximum Gasteiger partial charge on any atom is 0.333 e. The Balaban J connectivity index is 2.18. The topological polar surface area (TPSA) is 55.4 Å². The van der Waals surface area contributed by atoms with Crippen molar-refractivity contribution >= 4 is 11.9 Å². The van der Waals surface area contributed by atoms with Crippen LogP contribution >= 0.6 is 0 Å². The van der Waals surface area contributed by atoms with Crippen molar-refractivity contribution in [3.8, 4) is 0 Å². The molecule has 0 radical (unpaired) electrons. The maximum absolute atomic E-state index is 11.3. The summed E-state index contributed by atoms with van der Waals surface area (Å²) in [5, 5.41) is 2.68. The molecule has 0 saturated carbocycles. The minimum atomic E-state index is -0.548. The molecule has 4 nitrogen and oxygen atoms in total. The maximum atomic E-state index is 11.3. The highest BCUT2D eigenvalue weighted by atomic mass is 16.5. The van der Waals surface area contributed by atoms with E-state index in [-0.39, 0.29) is 18.1 Å².